The molecule has 0 saturated heterocycles. The third-order valence-electron chi connectivity index (χ3n) is 1.78. The number of ketones is 1. The van der Waals surface area contributed by atoms with Crippen LogP contribution in [0.3, 0.4) is 0 Å². The lowest BCUT2D eigenvalue weighted by Gasteiger charge is -2.02. The van der Waals surface area contributed by atoms with Crippen molar-refractivity contribution < 1.29 is 14.7 Å². The van der Waals surface area contributed by atoms with E-state index < -0.39 is 5.97 Å². The van der Waals surface area contributed by atoms with E-state index in [1.54, 1.807) is 12.1 Å². The van der Waals surface area contributed by atoms with Crippen molar-refractivity contribution in [2.75, 3.05) is 5.33 Å². The largest absolute Gasteiger partial charge is 0.478 e. The number of carbonyl (C=O) groups is 2. The molecule has 0 aromatic heterocycles. The number of Topliss-reactive ketones (excluding diaryl/α,β-unsaturated/α-hetero) is 1. The van der Waals surface area contributed by atoms with Crippen LogP contribution < -0.4 is 0 Å². The maximum atomic E-state index is 11.5. The summed E-state index contributed by atoms with van der Waals surface area (Å²) in [5.41, 5.74) is 0.345. The van der Waals surface area contributed by atoms with Crippen molar-refractivity contribution in [3.8, 4) is 0 Å². The number of carboxylic acid groups (broad SMARTS) is 1. The third-order valence-corrected chi connectivity index (χ3v) is 2.18. The average molecular weight is 257 g/mol. The highest BCUT2D eigenvalue weighted by molar-refractivity contribution is 9.09. The summed E-state index contributed by atoms with van der Waals surface area (Å²) in [5.74, 6) is -1.22. The normalized spacial score (nSPS) is 9.79. The number of rotatable bonds is 4. The molecule has 0 bridgehead atoms. The second-order valence-corrected chi connectivity index (χ2v) is 3.51. The summed E-state index contributed by atoms with van der Waals surface area (Å²) in [6.07, 6.45) is 0.310. The van der Waals surface area contributed by atoms with Crippen LogP contribution in [0.25, 0.3) is 0 Å². The minimum absolute atomic E-state index is 0.0680. The van der Waals surface area contributed by atoms with Crippen LogP contribution in [0.2, 0.25) is 0 Å². The molecule has 0 aliphatic heterocycles. The molecule has 0 fully saturated rings. The molecular formula is C10H9BrO3. The molecule has 0 amide bonds. The molecule has 0 spiro atoms. The van der Waals surface area contributed by atoms with Crippen molar-refractivity contribution in [2.45, 2.75) is 6.42 Å². The van der Waals surface area contributed by atoms with E-state index >= 15 is 0 Å². The molecule has 3 nitrogen and oxygen atoms in total. The van der Waals surface area contributed by atoms with Crippen molar-refractivity contribution in [1.29, 1.82) is 0 Å². The molecule has 14 heavy (non-hydrogen) atoms. The predicted molar refractivity (Wildman–Crippen MR) is 56.1 cm³/mol. The lowest BCUT2D eigenvalue weighted by molar-refractivity contribution is 0.0692. The Morgan fingerprint density at radius 2 is 1.79 bits per heavy atom. The van der Waals surface area contributed by atoms with Crippen molar-refractivity contribution >= 4 is 27.7 Å². The van der Waals surface area contributed by atoms with E-state index in [-0.39, 0.29) is 16.9 Å². The number of carboxylic acids is 1. The highest BCUT2D eigenvalue weighted by Crippen LogP contribution is 2.11. The molecule has 0 atom stereocenters. The van der Waals surface area contributed by atoms with Gasteiger partial charge in [-0.2, -0.15) is 0 Å². The molecule has 1 aromatic rings. The van der Waals surface area contributed by atoms with Crippen LogP contribution in [0.4, 0.5) is 0 Å². The number of carbonyl (C=O) groups excluding carboxylic acids is 1. The maximum absolute atomic E-state index is 11.5. The number of halogens is 1. The Morgan fingerprint density at radius 1 is 1.21 bits per heavy atom. The lowest BCUT2D eigenvalue weighted by atomic mass is 10.0. The van der Waals surface area contributed by atoms with Gasteiger partial charge in [0.25, 0.3) is 0 Å². The summed E-state index contributed by atoms with van der Waals surface area (Å²) in [5, 5.41) is 9.36. The van der Waals surface area contributed by atoms with Crippen molar-refractivity contribution in [3.63, 3.8) is 0 Å². The summed E-state index contributed by atoms with van der Waals surface area (Å²) in [4.78, 5) is 22.2. The van der Waals surface area contributed by atoms with Gasteiger partial charge in [-0.3, -0.25) is 4.79 Å². The van der Waals surface area contributed by atoms with Crippen LogP contribution in [0.1, 0.15) is 27.1 Å². The van der Waals surface area contributed by atoms with E-state index in [1.165, 1.54) is 12.1 Å². The average Bonchev–Trinajstić information content (AvgIpc) is 2.18. The minimum Gasteiger partial charge on any atom is -0.478 e. The number of benzene rings is 1. The maximum Gasteiger partial charge on any atom is 0.336 e. The zero-order valence-corrected chi connectivity index (χ0v) is 8.95. The van der Waals surface area contributed by atoms with Crippen LogP contribution in [-0.4, -0.2) is 22.2 Å². The van der Waals surface area contributed by atoms with E-state index in [1.807, 2.05) is 0 Å². The second-order valence-electron chi connectivity index (χ2n) is 2.71. The van der Waals surface area contributed by atoms with Gasteiger partial charge in [-0.05, 0) is 6.07 Å². The van der Waals surface area contributed by atoms with Crippen LogP contribution in [0.15, 0.2) is 24.3 Å². The molecule has 0 aliphatic carbocycles. The molecule has 74 valence electrons. The lowest BCUT2D eigenvalue weighted by Crippen LogP contribution is -2.08. The number of aromatic carboxylic acids is 1. The fourth-order valence-electron chi connectivity index (χ4n) is 1.13. The minimum atomic E-state index is -1.07. The molecule has 0 radical (unpaired) electrons. The Kier molecular flexibility index (Phi) is 3.83. The third kappa shape index (κ3) is 2.42. The van der Waals surface area contributed by atoms with E-state index in [9.17, 15) is 9.59 Å². The van der Waals surface area contributed by atoms with Gasteiger partial charge in [0, 0.05) is 17.3 Å². The molecule has 0 heterocycles. The first kappa shape index (κ1) is 10.9. The van der Waals surface area contributed by atoms with Crippen LogP contribution >= 0.6 is 15.9 Å². The standard InChI is InChI=1S/C10H9BrO3/c11-6-5-9(12)7-3-1-2-4-8(7)10(13)14/h1-4H,5-6H2,(H,13,14). The van der Waals surface area contributed by atoms with Crippen molar-refractivity contribution in [1.82, 2.24) is 0 Å². The van der Waals surface area contributed by atoms with E-state index in [0.29, 0.717) is 11.8 Å². The summed E-state index contributed by atoms with van der Waals surface area (Å²) >= 11 is 3.14. The first-order valence-electron chi connectivity index (χ1n) is 4.08. The fraction of sp³-hybridized carbons (Fsp3) is 0.200. The highest BCUT2D eigenvalue weighted by Gasteiger charge is 2.14. The van der Waals surface area contributed by atoms with E-state index in [4.69, 9.17) is 5.11 Å². The molecule has 4 heteroatoms. The Balaban J connectivity index is 3.07. The van der Waals surface area contributed by atoms with Crippen molar-refractivity contribution in [2.24, 2.45) is 0 Å². The Labute approximate surface area is 89.9 Å². The summed E-state index contributed by atoms with van der Waals surface area (Å²) in [7, 11) is 0. The highest BCUT2D eigenvalue weighted by atomic mass is 79.9. The Hall–Kier alpha value is -1.16. The molecule has 1 rings (SSSR count). The van der Waals surface area contributed by atoms with Gasteiger partial charge in [0.1, 0.15) is 0 Å². The van der Waals surface area contributed by atoms with Gasteiger partial charge < -0.3 is 5.11 Å². The quantitative estimate of drug-likeness (QED) is 0.665. The Bertz CT molecular complexity index is 360. The first-order chi connectivity index (χ1) is 6.66. The molecule has 0 unspecified atom stereocenters. The van der Waals surface area contributed by atoms with Gasteiger partial charge >= 0.3 is 5.97 Å². The van der Waals surface area contributed by atoms with Gasteiger partial charge in [0.2, 0.25) is 0 Å². The van der Waals surface area contributed by atoms with Gasteiger partial charge in [-0.15, -0.1) is 0 Å². The summed E-state index contributed by atoms with van der Waals surface area (Å²) < 4.78 is 0. The molecule has 1 N–H and O–H groups in total. The Morgan fingerprint density at radius 3 is 2.29 bits per heavy atom. The molecule has 0 aliphatic rings. The predicted octanol–water partition coefficient (Wildman–Crippen LogP) is 2.35. The first-order valence-corrected chi connectivity index (χ1v) is 5.20. The van der Waals surface area contributed by atoms with E-state index in [0.717, 1.165) is 0 Å². The monoisotopic (exact) mass is 256 g/mol. The molecular weight excluding hydrogens is 248 g/mol. The smallest absolute Gasteiger partial charge is 0.336 e. The zero-order chi connectivity index (χ0) is 10.6. The van der Waals surface area contributed by atoms with Gasteiger partial charge in [-0.1, -0.05) is 34.1 Å². The summed E-state index contributed by atoms with van der Waals surface area (Å²) in [6.45, 7) is 0. The fourth-order valence-corrected chi connectivity index (χ4v) is 1.49. The van der Waals surface area contributed by atoms with Gasteiger partial charge in [0.05, 0.1) is 5.56 Å². The van der Waals surface area contributed by atoms with Gasteiger partial charge in [-0.25, -0.2) is 4.79 Å². The zero-order valence-electron chi connectivity index (χ0n) is 7.37. The van der Waals surface area contributed by atoms with E-state index in [2.05, 4.69) is 15.9 Å². The second kappa shape index (κ2) is 4.91. The van der Waals surface area contributed by atoms with Crippen LogP contribution in [0.5, 0.6) is 0 Å². The molecule has 1 aromatic carbocycles. The number of hydrogen-bond donors (Lipinski definition) is 1. The van der Waals surface area contributed by atoms with Gasteiger partial charge in [0.15, 0.2) is 5.78 Å². The molecule has 0 saturated carbocycles. The summed E-state index contributed by atoms with van der Waals surface area (Å²) in [6, 6.07) is 6.24. The number of alkyl halides is 1. The topological polar surface area (TPSA) is 54.4 Å². The SMILES string of the molecule is O=C(O)c1ccccc1C(=O)CCBr. The van der Waals surface area contributed by atoms with Crippen molar-refractivity contribution in [3.05, 3.63) is 35.4 Å². The van der Waals surface area contributed by atoms with Crippen LogP contribution in [0, 0.1) is 0 Å². The van der Waals surface area contributed by atoms with Crippen LogP contribution in [-0.2, 0) is 0 Å². The number of hydrogen-bond acceptors (Lipinski definition) is 2.